The van der Waals surface area contributed by atoms with Gasteiger partial charge in [-0.15, -0.1) is 0 Å². The summed E-state index contributed by atoms with van der Waals surface area (Å²) in [5, 5.41) is 4.01. The Morgan fingerprint density at radius 1 is 1.23 bits per heavy atom. The average Bonchev–Trinajstić information content (AvgIpc) is 3.04. The van der Waals surface area contributed by atoms with E-state index in [1.165, 1.54) is 11.8 Å². The molecule has 0 unspecified atom stereocenters. The quantitative estimate of drug-likeness (QED) is 0.625. The van der Waals surface area contributed by atoms with Crippen LogP contribution < -0.4 is 4.90 Å². The zero-order valence-electron chi connectivity index (χ0n) is 15.7. The number of ketones is 1. The van der Waals surface area contributed by atoms with Crippen molar-refractivity contribution in [2.45, 2.75) is 26.2 Å². The van der Waals surface area contributed by atoms with Crippen LogP contribution in [0.3, 0.4) is 0 Å². The number of benzene rings is 1. The molecular formula is C20H23N3O3. The van der Waals surface area contributed by atoms with Crippen LogP contribution in [0, 0.1) is 6.92 Å². The number of rotatable bonds is 4. The van der Waals surface area contributed by atoms with Crippen molar-refractivity contribution in [2.75, 3.05) is 18.6 Å². The van der Waals surface area contributed by atoms with Crippen LogP contribution in [0.15, 0.2) is 42.2 Å². The zero-order valence-corrected chi connectivity index (χ0v) is 15.7. The molecule has 0 amide bonds. The lowest BCUT2D eigenvalue weighted by Gasteiger charge is -2.23. The molecule has 0 atom stereocenters. The molecule has 0 bridgehead atoms. The summed E-state index contributed by atoms with van der Waals surface area (Å²) in [5.41, 5.74) is 3.93. The van der Waals surface area contributed by atoms with Gasteiger partial charge in [-0.2, -0.15) is 5.10 Å². The van der Waals surface area contributed by atoms with Gasteiger partial charge in [0.05, 0.1) is 6.20 Å². The highest BCUT2D eigenvalue weighted by Gasteiger charge is 2.38. The van der Waals surface area contributed by atoms with Crippen molar-refractivity contribution in [2.24, 2.45) is 7.05 Å². The van der Waals surface area contributed by atoms with Crippen LogP contribution in [0.25, 0.3) is 0 Å². The predicted molar refractivity (Wildman–Crippen MR) is 99.2 cm³/mol. The number of ether oxygens (including phenoxy) is 1. The van der Waals surface area contributed by atoms with E-state index in [9.17, 15) is 9.59 Å². The lowest BCUT2D eigenvalue weighted by Crippen LogP contribution is -2.25. The standard InChI is InChI=1S/C20H23N3O3/c1-13-15(11-21-23(13)5)19(25)26-12-14(24)10-18-20(2,3)16-8-6-7-9-17(16)22(18)4/h6-11H,12H2,1-5H3/b18-10+. The number of aromatic nitrogens is 2. The Morgan fingerprint density at radius 2 is 1.92 bits per heavy atom. The van der Waals surface area contributed by atoms with Gasteiger partial charge in [-0.25, -0.2) is 4.79 Å². The molecule has 1 aromatic carbocycles. The Bertz CT molecular complexity index is 909. The molecule has 0 spiro atoms. The molecule has 0 aliphatic carbocycles. The number of anilines is 1. The third-order valence-corrected chi connectivity index (χ3v) is 5.04. The van der Waals surface area contributed by atoms with Crippen molar-refractivity contribution >= 4 is 17.4 Å². The van der Waals surface area contributed by atoms with E-state index >= 15 is 0 Å². The van der Waals surface area contributed by atoms with Gasteiger partial charge in [0.1, 0.15) is 5.56 Å². The van der Waals surface area contributed by atoms with Crippen LogP contribution in [0.4, 0.5) is 5.69 Å². The summed E-state index contributed by atoms with van der Waals surface area (Å²) in [6.07, 6.45) is 3.02. The summed E-state index contributed by atoms with van der Waals surface area (Å²) in [7, 11) is 3.69. The van der Waals surface area contributed by atoms with Crippen molar-refractivity contribution < 1.29 is 14.3 Å². The van der Waals surface area contributed by atoms with Gasteiger partial charge < -0.3 is 9.64 Å². The lowest BCUT2D eigenvalue weighted by atomic mass is 9.83. The van der Waals surface area contributed by atoms with E-state index in [0.717, 1.165) is 11.4 Å². The molecule has 26 heavy (non-hydrogen) atoms. The van der Waals surface area contributed by atoms with E-state index in [4.69, 9.17) is 4.74 Å². The highest BCUT2D eigenvalue weighted by atomic mass is 16.5. The Kier molecular flexibility index (Phi) is 4.44. The number of aryl methyl sites for hydroxylation is 1. The van der Waals surface area contributed by atoms with Crippen molar-refractivity contribution in [3.05, 3.63) is 59.1 Å². The molecule has 1 aliphatic heterocycles. The molecule has 6 nitrogen and oxygen atoms in total. The predicted octanol–water partition coefficient (Wildman–Crippen LogP) is 2.77. The molecule has 2 aromatic rings. The minimum atomic E-state index is -0.537. The summed E-state index contributed by atoms with van der Waals surface area (Å²) < 4.78 is 6.76. The Hall–Kier alpha value is -2.89. The van der Waals surface area contributed by atoms with Crippen LogP contribution in [-0.2, 0) is 22.0 Å². The molecule has 0 saturated heterocycles. The molecule has 2 heterocycles. The molecule has 6 heteroatoms. The Balaban J connectivity index is 1.73. The second-order valence-electron chi connectivity index (χ2n) is 7.04. The van der Waals surface area contributed by atoms with Crippen LogP contribution in [-0.4, -0.2) is 35.2 Å². The number of carbonyl (C=O) groups excluding carboxylic acids is 2. The second-order valence-corrected chi connectivity index (χ2v) is 7.04. The number of allylic oxidation sites excluding steroid dienone is 1. The topological polar surface area (TPSA) is 64.4 Å². The van der Waals surface area contributed by atoms with Gasteiger partial charge in [0.25, 0.3) is 0 Å². The van der Waals surface area contributed by atoms with Gasteiger partial charge in [-0.05, 0) is 18.6 Å². The number of esters is 1. The number of carbonyl (C=O) groups is 2. The first-order chi connectivity index (χ1) is 12.2. The summed E-state index contributed by atoms with van der Waals surface area (Å²) in [6, 6.07) is 8.08. The van der Waals surface area contributed by atoms with Gasteiger partial charge >= 0.3 is 5.97 Å². The van der Waals surface area contributed by atoms with Gasteiger partial charge in [-0.1, -0.05) is 32.0 Å². The summed E-state index contributed by atoms with van der Waals surface area (Å²) in [6.45, 7) is 5.65. The first kappa shape index (κ1) is 17.9. The fourth-order valence-electron chi connectivity index (χ4n) is 3.37. The average molecular weight is 353 g/mol. The smallest absolute Gasteiger partial charge is 0.342 e. The third kappa shape index (κ3) is 2.92. The monoisotopic (exact) mass is 353 g/mol. The van der Waals surface area contributed by atoms with Gasteiger partial charge in [0.15, 0.2) is 12.4 Å². The number of fused-ring (bicyclic) bond motifs is 1. The van der Waals surface area contributed by atoms with Crippen LogP contribution in [0.5, 0.6) is 0 Å². The maximum Gasteiger partial charge on any atom is 0.342 e. The molecule has 3 rings (SSSR count). The largest absolute Gasteiger partial charge is 0.454 e. The maximum atomic E-state index is 12.4. The molecule has 0 saturated carbocycles. The maximum absolute atomic E-state index is 12.4. The van der Waals surface area contributed by atoms with E-state index in [1.54, 1.807) is 24.7 Å². The highest BCUT2D eigenvalue weighted by Crippen LogP contribution is 2.46. The van der Waals surface area contributed by atoms with Crippen LogP contribution >= 0.6 is 0 Å². The van der Waals surface area contributed by atoms with Crippen LogP contribution in [0.2, 0.25) is 0 Å². The molecule has 0 fully saturated rings. The number of hydrogen-bond acceptors (Lipinski definition) is 5. The minimum absolute atomic E-state index is 0.248. The highest BCUT2D eigenvalue weighted by molar-refractivity contribution is 5.96. The molecular weight excluding hydrogens is 330 g/mol. The fraction of sp³-hybridized carbons (Fsp3) is 0.350. The van der Waals surface area contributed by atoms with E-state index < -0.39 is 5.97 Å². The van der Waals surface area contributed by atoms with Gasteiger partial charge in [0.2, 0.25) is 0 Å². The first-order valence-electron chi connectivity index (χ1n) is 8.47. The number of hydrogen-bond donors (Lipinski definition) is 0. The van der Waals surface area contributed by atoms with Crippen LogP contribution in [0.1, 0.15) is 35.5 Å². The number of para-hydroxylation sites is 1. The van der Waals surface area contributed by atoms with Gasteiger partial charge in [0, 0.05) is 42.7 Å². The normalized spacial score (nSPS) is 16.7. The summed E-state index contributed by atoms with van der Waals surface area (Å²) in [5.74, 6) is -0.785. The molecule has 1 aliphatic rings. The molecule has 1 aromatic heterocycles. The van der Waals surface area contributed by atoms with E-state index in [2.05, 4.69) is 25.0 Å². The number of nitrogens with zero attached hydrogens (tertiary/aromatic N) is 3. The SMILES string of the molecule is Cc1c(C(=O)OCC(=O)/C=C2/N(C)c3ccccc3C2(C)C)cnn1C. The van der Waals surface area contributed by atoms with E-state index in [-0.39, 0.29) is 17.8 Å². The number of likely N-dealkylation sites (N-methyl/N-ethyl adjacent to an activating group) is 1. The third-order valence-electron chi connectivity index (χ3n) is 5.04. The molecule has 0 radical (unpaired) electrons. The van der Waals surface area contributed by atoms with Crippen molar-refractivity contribution in [1.82, 2.24) is 9.78 Å². The Labute approximate surface area is 153 Å². The summed E-state index contributed by atoms with van der Waals surface area (Å²) >= 11 is 0. The first-order valence-corrected chi connectivity index (χ1v) is 8.47. The zero-order chi connectivity index (χ0) is 19.1. The summed E-state index contributed by atoms with van der Waals surface area (Å²) in [4.78, 5) is 26.6. The van der Waals surface area contributed by atoms with Gasteiger partial charge in [-0.3, -0.25) is 9.48 Å². The van der Waals surface area contributed by atoms with Crippen molar-refractivity contribution in [3.8, 4) is 0 Å². The lowest BCUT2D eigenvalue weighted by molar-refractivity contribution is -0.117. The van der Waals surface area contributed by atoms with Crippen molar-refractivity contribution in [3.63, 3.8) is 0 Å². The van der Waals surface area contributed by atoms with Crippen molar-refractivity contribution in [1.29, 1.82) is 0 Å². The minimum Gasteiger partial charge on any atom is -0.454 e. The van der Waals surface area contributed by atoms with E-state index in [1.807, 2.05) is 30.1 Å². The van der Waals surface area contributed by atoms with E-state index in [0.29, 0.717) is 11.3 Å². The molecule has 136 valence electrons. The Morgan fingerprint density at radius 3 is 2.54 bits per heavy atom. The second kappa shape index (κ2) is 6.44. The fourth-order valence-corrected chi connectivity index (χ4v) is 3.37. The molecule has 0 N–H and O–H groups in total.